The summed E-state index contributed by atoms with van der Waals surface area (Å²) in [6.45, 7) is 0.903. The van der Waals surface area contributed by atoms with Gasteiger partial charge in [-0.3, -0.25) is 0 Å². The van der Waals surface area contributed by atoms with Crippen LogP contribution in [-0.2, 0) is 4.74 Å². The standard InChI is InChI=1S/C10H8OS/c1-2-4-10-7(3-1)8(6-12-10)9-5-11-9/h1-4,6,9H,5H2. The number of fused-ring (bicyclic) bond motifs is 1. The van der Waals surface area contributed by atoms with Crippen LogP contribution in [0.2, 0.25) is 0 Å². The Morgan fingerprint density at radius 1 is 1.33 bits per heavy atom. The molecule has 0 aliphatic carbocycles. The maximum Gasteiger partial charge on any atom is 0.107 e. The van der Waals surface area contributed by atoms with Gasteiger partial charge in [0.05, 0.1) is 6.61 Å². The van der Waals surface area contributed by atoms with Crippen LogP contribution in [0.4, 0.5) is 0 Å². The van der Waals surface area contributed by atoms with Gasteiger partial charge in [-0.2, -0.15) is 0 Å². The molecule has 2 heteroatoms. The van der Waals surface area contributed by atoms with Crippen molar-refractivity contribution in [2.75, 3.05) is 6.61 Å². The molecule has 0 bridgehead atoms. The zero-order valence-electron chi connectivity index (χ0n) is 6.49. The molecule has 2 aromatic rings. The second-order valence-corrected chi connectivity index (χ2v) is 3.92. The minimum Gasteiger partial charge on any atom is -0.368 e. The molecule has 1 aromatic heterocycles. The van der Waals surface area contributed by atoms with Gasteiger partial charge in [-0.25, -0.2) is 0 Å². The molecule has 1 fully saturated rings. The van der Waals surface area contributed by atoms with Crippen LogP contribution in [0.5, 0.6) is 0 Å². The fourth-order valence-electron chi connectivity index (χ4n) is 1.48. The average Bonchev–Trinajstić information content (AvgIpc) is 2.86. The molecule has 0 spiro atoms. The Kier molecular flexibility index (Phi) is 1.28. The topological polar surface area (TPSA) is 12.5 Å². The third-order valence-corrected chi connectivity index (χ3v) is 3.17. The van der Waals surface area contributed by atoms with Gasteiger partial charge in [0.15, 0.2) is 0 Å². The quantitative estimate of drug-likeness (QED) is 0.608. The SMILES string of the molecule is c1ccc2c(C3CO3)csc2c1. The second-order valence-electron chi connectivity index (χ2n) is 3.01. The minimum absolute atomic E-state index is 0.390. The van der Waals surface area contributed by atoms with Crippen molar-refractivity contribution in [2.45, 2.75) is 6.10 Å². The summed E-state index contributed by atoms with van der Waals surface area (Å²) in [5.74, 6) is 0. The van der Waals surface area contributed by atoms with Crippen LogP contribution >= 0.6 is 11.3 Å². The lowest BCUT2D eigenvalue weighted by Crippen LogP contribution is -1.74. The van der Waals surface area contributed by atoms with Gasteiger partial charge in [0.25, 0.3) is 0 Å². The summed E-state index contributed by atoms with van der Waals surface area (Å²) in [5.41, 5.74) is 1.37. The Labute approximate surface area is 74.6 Å². The van der Waals surface area contributed by atoms with Crippen LogP contribution < -0.4 is 0 Å². The summed E-state index contributed by atoms with van der Waals surface area (Å²) in [4.78, 5) is 0. The van der Waals surface area contributed by atoms with Crippen molar-refractivity contribution in [1.29, 1.82) is 0 Å². The van der Waals surface area contributed by atoms with E-state index in [1.54, 1.807) is 11.3 Å². The van der Waals surface area contributed by atoms with Crippen molar-refractivity contribution < 1.29 is 4.74 Å². The Hall–Kier alpha value is -0.860. The zero-order valence-corrected chi connectivity index (χ0v) is 7.30. The van der Waals surface area contributed by atoms with Crippen molar-refractivity contribution in [3.8, 4) is 0 Å². The van der Waals surface area contributed by atoms with Crippen LogP contribution in [0.15, 0.2) is 29.6 Å². The Morgan fingerprint density at radius 2 is 2.17 bits per heavy atom. The van der Waals surface area contributed by atoms with E-state index in [4.69, 9.17) is 4.74 Å². The summed E-state index contributed by atoms with van der Waals surface area (Å²) in [5, 5.41) is 3.58. The molecule has 60 valence electrons. The van der Waals surface area contributed by atoms with E-state index >= 15 is 0 Å². The molecule has 1 aromatic carbocycles. The van der Waals surface area contributed by atoms with Gasteiger partial charge in [-0.15, -0.1) is 11.3 Å². The zero-order chi connectivity index (χ0) is 7.97. The van der Waals surface area contributed by atoms with Crippen molar-refractivity contribution >= 4 is 21.4 Å². The molecule has 0 N–H and O–H groups in total. The third-order valence-electron chi connectivity index (χ3n) is 2.19. The Morgan fingerprint density at radius 3 is 3.00 bits per heavy atom. The highest BCUT2D eigenvalue weighted by molar-refractivity contribution is 7.17. The van der Waals surface area contributed by atoms with E-state index in [9.17, 15) is 0 Å². The number of epoxide rings is 1. The fourth-order valence-corrected chi connectivity index (χ4v) is 2.48. The molecule has 0 saturated carbocycles. The molecular weight excluding hydrogens is 168 g/mol. The maximum atomic E-state index is 5.27. The first-order valence-electron chi connectivity index (χ1n) is 4.03. The lowest BCUT2D eigenvalue weighted by atomic mass is 10.1. The van der Waals surface area contributed by atoms with E-state index in [1.807, 2.05) is 0 Å². The van der Waals surface area contributed by atoms with Crippen molar-refractivity contribution in [3.05, 3.63) is 35.2 Å². The molecule has 0 amide bonds. The molecule has 1 aliphatic rings. The summed E-state index contributed by atoms with van der Waals surface area (Å²) in [6, 6.07) is 8.49. The monoisotopic (exact) mass is 176 g/mol. The molecule has 2 heterocycles. The van der Waals surface area contributed by atoms with Crippen LogP contribution in [0.3, 0.4) is 0 Å². The predicted molar refractivity (Wildman–Crippen MR) is 50.5 cm³/mol. The molecule has 3 rings (SSSR count). The maximum absolute atomic E-state index is 5.27. The Balaban J connectivity index is 2.30. The van der Waals surface area contributed by atoms with Crippen LogP contribution in [0.1, 0.15) is 11.7 Å². The molecule has 12 heavy (non-hydrogen) atoms. The normalized spacial score (nSPS) is 21.5. The molecule has 1 atom stereocenters. The first-order valence-corrected chi connectivity index (χ1v) is 4.91. The van der Waals surface area contributed by atoms with E-state index in [2.05, 4.69) is 29.6 Å². The summed E-state index contributed by atoms with van der Waals surface area (Å²) in [7, 11) is 0. The van der Waals surface area contributed by atoms with E-state index in [1.165, 1.54) is 15.6 Å². The van der Waals surface area contributed by atoms with Gasteiger partial charge in [-0.1, -0.05) is 18.2 Å². The van der Waals surface area contributed by atoms with Gasteiger partial charge in [0.2, 0.25) is 0 Å². The number of ether oxygens (including phenoxy) is 1. The molecule has 1 saturated heterocycles. The van der Waals surface area contributed by atoms with Gasteiger partial charge < -0.3 is 4.74 Å². The number of hydrogen-bond donors (Lipinski definition) is 0. The number of rotatable bonds is 1. The largest absolute Gasteiger partial charge is 0.368 e. The van der Waals surface area contributed by atoms with Crippen LogP contribution in [0.25, 0.3) is 10.1 Å². The van der Waals surface area contributed by atoms with Gasteiger partial charge in [0.1, 0.15) is 6.10 Å². The van der Waals surface area contributed by atoms with Crippen molar-refractivity contribution in [2.24, 2.45) is 0 Å². The first-order chi connectivity index (χ1) is 5.95. The predicted octanol–water partition coefficient (Wildman–Crippen LogP) is 2.97. The summed E-state index contributed by atoms with van der Waals surface area (Å²) in [6.07, 6.45) is 0.390. The highest BCUT2D eigenvalue weighted by Crippen LogP contribution is 2.38. The summed E-state index contributed by atoms with van der Waals surface area (Å²) < 4.78 is 6.63. The lowest BCUT2D eigenvalue weighted by Gasteiger charge is -1.91. The summed E-state index contributed by atoms with van der Waals surface area (Å²) >= 11 is 1.80. The highest BCUT2D eigenvalue weighted by atomic mass is 32.1. The smallest absolute Gasteiger partial charge is 0.107 e. The number of hydrogen-bond acceptors (Lipinski definition) is 2. The van der Waals surface area contributed by atoms with Gasteiger partial charge in [-0.05, 0) is 16.8 Å². The first kappa shape index (κ1) is 6.63. The number of thiophene rings is 1. The second kappa shape index (κ2) is 2.31. The fraction of sp³-hybridized carbons (Fsp3) is 0.200. The van der Waals surface area contributed by atoms with Crippen molar-refractivity contribution in [3.63, 3.8) is 0 Å². The minimum atomic E-state index is 0.390. The van der Waals surface area contributed by atoms with Crippen LogP contribution in [0, 0.1) is 0 Å². The molecule has 1 aliphatic heterocycles. The van der Waals surface area contributed by atoms with Gasteiger partial charge in [0, 0.05) is 10.3 Å². The highest BCUT2D eigenvalue weighted by Gasteiger charge is 2.27. The number of benzene rings is 1. The third kappa shape index (κ3) is 0.886. The molecule has 0 radical (unpaired) electrons. The van der Waals surface area contributed by atoms with E-state index in [-0.39, 0.29) is 0 Å². The molecule has 1 unspecified atom stereocenters. The van der Waals surface area contributed by atoms with Crippen molar-refractivity contribution in [1.82, 2.24) is 0 Å². The van der Waals surface area contributed by atoms with E-state index in [0.717, 1.165) is 6.61 Å². The van der Waals surface area contributed by atoms with E-state index < -0.39 is 0 Å². The van der Waals surface area contributed by atoms with E-state index in [0.29, 0.717) is 6.10 Å². The Bertz CT molecular complexity index is 414. The van der Waals surface area contributed by atoms with Gasteiger partial charge >= 0.3 is 0 Å². The van der Waals surface area contributed by atoms with Crippen LogP contribution in [-0.4, -0.2) is 6.61 Å². The molecular formula is C10H8OS. The molecule has 1 nitrogen and oxygen atoms in total. The lowest BCUT2D eigenvalue weighted by molar-refractivity contribution is 0.417. The average molecular weight is 176 g/mol.